The molecule has 0 aliphatic carbocycles. The number of anilines is 2. The molecule has 0 spiro atoms. The lowest BCUT2D eigenvalue weighted by atomic mass is 10.2. The summed E-state index contributed by atoms with van der Waals surface area (Å²) in [7, 11) is 0. The number of hydrogen-bond donors (Lipinski definition) is 1. The molecule has 28 heavy (non-hydrogen) atoms. The lowest BCUT2D eigenvalue weighted by Crippen LogP contribution is -2.45. The minimum absolute atomic E-state index is 0.00632. The van der Waals surface area contributed by atoms with E-state index < -0.39 is 5.25 Å². The topological polar surface area (TPSA) is 67.2 Å². The summed E-state index contributed by atoms with van der Waals surface area (Å²) in [6.07, 6.45) is 3.53. The first-order chi connectivity index (χ1) is 13.5. The summed E-state index contributed by atoms with van der Waals surface area (Å²) in [5.74, 6) is -0.343. The predicted octanol–water partition coefficient (Wildman–Crippen LogP) is 3.99. The molecule has 142 valence electrons. The number of thioether (sulfide) groups is 1. The molecule has 0 fully saturated rings. The molecular weight excluding hydrogens is 396 g/mol. The number of halogens is 1. The Kier molecular flexibility index (Phi) is 5.11. The average Bonchev–Trinajstić information content (AvgIpc) is 3.15. The van der Waals surface area contributed by atoms with Crippen molar-refractivity contribution in [2.24, 2.45) is 0 Å². The minimum atomic E-state index is -0.424. The van der Waals surface area contributed by atoms with Crippen molar-refractivity contribution < 1.29 is 9.59 Å². The van der Waals surface area contributed by atoms with E-state index in [1.54, 1.807) is 12.3 Å². The van der Waals surface area contributed by atoms with Crippen molar-refractivity contribution in [2.45, 2.75) is 17.3 Å². The molecule has 6 nitrogen and oxygen atoms in total. The van der Waals surface area contributed by atoms with Gasteiger partial charge >= 0.3 is 0 Å². The van der Waals surface area contributed by atoms with Crippen LogP contribution >= 0.6 is 23.4 Å². The minimum Gasteiger partial charge on any atom is -0.323 e. The van der Waals surface area contributed by atoms with Gasteiger partial charge in [0.15, 0.2) is 5.16 Å². The monoisotopic (exact) mass is 412 g/mol. The molecule has 2 amide bonds. The van der Waals surface area contributed by atoms with Crippen molar-refractivity contribution in [3.63, 3.8) is 0 Å². The molecular formula is C20H17ClN4O2S. The Morgan fingerprint density at radius 3 is 2.75 bits per heavy atom. The summed E-state index contributed by atoms with van der Waals surface area (Å²) < 4.78 is 1.90. The van der Waals surface area contributed by atoms with E-state index in [-0.39, 0.29) is 18.4 Å². The fourth-order valence-electron chi connectivity index (χ4n) is 3.03. The molecule has 3 aromatic rings. The molecule has 4 rings (SSSR count). The smallest absolute Gasteiger partial charge is 0.244 e. The molecule has 2 heterocycles. The fourth-order valence-corrected chi connectivity index (χ4v) is 4.10. The Balaban J connectivity index is 1.56. The third kappa shape index (κ3) is 3.63. The van der Waals surface area contributed by atoms with Crippen LogP contribution in [0.3, 0.4) is 0 Å². The number of carbonyl (C=O) groups is 2. The Morgan fingerprint density at radius 2 is 1.96 bits per heavy atom. The average molecular weight is 413 g/mol. The molecule has 1 aliphatic heterocycles. The van der Waals surface area contributed by atoms with Crippen LogP contribution in [0.2, 0.25) is 5.02 Å². The van der Waals surface area contributed by atoms with Crippen molar-refractivity contribution >= 4 is 46.6 Å². The van der Waals surface area contributed by atoms with Gasteiger partial charge in [0.05, 0.1) is 16.6 Å². The van der Waals surface area contributed by atoms with Gasteiger partial charge in [-0.05, 0) is 43.3 Å². The van der Waals surface area contributed by atoms with Crippen LogP contribution in [0.25, 0.3) is 5.69 Å². The third-order valence-corrected chi connectivity index (χ3v) is 5.70. The van der Waals surface area contributed by atoms with Crippen LogP contribution in [-0.4, -0.2) is 33.2 Å². The standard InChI is InChI=1S/C20H17ClN4O2S/c1-13(19(27)25-12-18(26)23-16-4-2-3-5-17(16)25)28-20-22-10-11-24(20)15-8-6-14(21)7-9-15/h2-11,13H,12H2,1H3,(H,23,26)/t13-/m1/s1. The van der Waals surface area contributed by atoms with Crippen LogP contribution in [-0.2, 0) is 9.59 Å². The van der Waals surface area contributed by atoms with Gasteiger partial charge in [0, 0.05) is 23.1 Å². The number of imidazole rings is 1. The molecule has 0 saturated heterocycles. The van der Waals surface area contributed by atoms with Crippen molar-refractivity contribution in [3.8, 4) is 5.69 Å². The normalized spacial score (nSPS) is 14.4. The molecule has 2 aromatic carbocycles. The Hall–Kier alpha value is -2.77. The molecule has 1 aliphatic rings. The predicted molar refractivity (Wildman–Crippen MR) is 111 cm³/mol. The zero-order valence-corrected chi connectivity index (χ0v) is 16.6. The fraction of sp³-hybridized carbons (Fsp3) is 0.150. The number of rotatable bonds is 4. The first kappa shape index (κ1) is 18.6. The van der Waals surface area contributed by atoms with Crippen molar-refractivity contribution in [2.75, 3.05) is 16.8 Å². The number of carbonyl (C=O) groups excluding carboxylic acids is 2. The molecule has 0 saturated carbocycles. The number of nitrogens with zero attached hydrogens (tertiary/aromatic N) is 3. The Morgan fingerprint density at radius 1 is 1.21 bits per heavy atom. The van der Waals surface area contributed by atoms with E-state index in [1.165, 1.54) is 16.7 Å². The van der Waals surface area contributed by atoms with E-state index in [4.69, 9.17) is 11.6 Å². The SMILES string of the molecule is C[C@@H](Sc1nccn1-c1ccc(Cl)cc1)C(=O)N1CC(=O)Nc2ccccc21. The zero-order chi connectivity index (χ0) is 19.7. The second kappa shape index (κ2) is 7.69. The lowest BCUT2D eigenvalue weighted by Gasteiger charge is -2.30. The number of nitrogens with one attached hydrogen (secondary N) is 1. The number of fused-ring (bicyclic) bond motifs is 1. The van der Waals surface area contributed by atoms with Gasteiger partial charge in [-0.15, -0.1) is 0 Å². The number of para-hydroxylation sites is 2. The van der Waals surface area contributed by atoms with E-state index in [1.807, 2.05) is 60.2 Å². The van der Waals surface area contributed by atoms with Crippen molar-refractivity contribution in [3.05, 3.63) is 65.9 Å². The maximum absolute atomic E-state index is 13.1. The Labute approximate surface area is 171 Å². The third-order valence-electron chi connectivity index (χ3n) is 4.38. The highest BCUT2D eigenvalue weighted by atomic mass is 35.5. The van der Waals surface area contributed by atoms with Crippen molar-refractivity contribution in [1.29, 1.82) is 0 Å². The quantitative estimate of drug-likeness (QED) is 0.658. The summed E-state index contributed by atoms with van der Waals surface area (Å²) in [5.41, 5.74) is 2.26. The van der Waals surface area contributed by atoms with Gasteiger partial charge in [0.25, 0.3) is 0 Å². The van der Waals surface area contributed by atoms with Crippen LogP contribution < -0.4 is 10.2 Å². The lowest BCUT2D eigenvalue weighted by molar-refractivity contribution is -0.121. The van der Waals surface area contributed by atoms with Gasteiger partial charge in [-0.3, -0.25) is 19.1 Å². The molecule has 8 heteroatoms. The summed E-state index contributed by atoms with van der Waals surface area (Å²) in [4.78, 5) is 31.0. The van der Waals surface area contributed by atoms with E-state index in [0.29, 0.717) is 21.6 Å². The molecule has 0 radical (unpaired) electrons. The van der Waals surface area contributed by atoms with Crippen LogP contribution in [0.4, 0.5) is 11.4 Å². The van der Waals surface area contributed by atoms with Gasteiger partial charge in [-0.1, -0.05) is 35.5 Å². The number of amides is 2. The van der Waals surface area contributed by atoms with Gasteiger partial charge in [0.2, 0.25) is 11.8 Å². The Bertz CT molecular complexity index is 1030. The van der Waals surface area contributed by atoms with E-state index in [0.717, 1.165) is 5.69 Å². The maximum atomic E-state index is 13.1. The number of hydrogen-bond acceptors (Lipinski definition) is 4. The highest BCUT2D eigenvalue weighted by Gasteiger charge is 2.30. The van der Waals surface area contributed by atoms with Crippen LogP contribution in [0, 0.1) is 0 Å². The molecule has 0 unspecified atom stereocenters. The summed E-state index contributed by atoms with van der Waals surface area (Å²) in [6, 6.07) is 14.7. The second-order valence-electron chi connectivity index (χ2n) is 6.31. The molecule has 1 atom stereocenters. The van der Waals surface area contributed by atoms with Crippen molar-refractivity contribution in [1.82, 2.24) is 9.55 Å². The summed E-state index contributed by atoms with van der Waals surface area (Å²) in [5, 5.41) is 3.72. The van der Waals surface area contributed by atoms with Gasteiger partial charge in [-0.25, -0.2) is 4.98 Å². The van der Waals surface area contributed by atoms with E-state index >= 15 is 0 Å². The van der Waals surface area contributed by atoms with Gasteiger partial charge < -0.3 is 5.32 Å². The summed E-state index contributed by atoms with van der Waals surface area (Å²) >= 11 is 7.31. The largest absolute Gasteiger partial charge is 0.323 e. The summed E-state index contributed by atoms with van der Waals surface area (Å²) in [6.45, 7) is 1.83. The highest BCUT2D eigenvalue weighted by Crippen LogP contribution is 2.32. The second-order valence-corrected chi connectivity index (χ2v) is 8.05. The zero-order valence-electron chi connectivity index (χ0n) is 15.0. The molecule has 1 N–H and O–H groups in total. The molecule has 0 bridgehead atoms. The van der Waals surface area contributed by atoms with Crippen LogP contribution in [0.5, 0.6) is 0 Å². The van der Waals surface area contributed by atoms with E-state index in [2.05, 4.69) is 10.3 Å². The van der Waals surface area contributed by atoms with Crippen LogP contribution in [0.1, 0.15) is 6.92 Å². The first-order valence-electron chi connectivity index (χ1n) is 8.69. The highest BCUT2D eigenvalue weighted by molar-refractivity contribution is 8.00. The maximum Gasteiger partial charge on any atom is 0.244 e. The van der Waals surface area contributed by atoms with Gasteiger partial charge in [-0.2, -0.15) is 0 Å². The first-order valence-corrected chi connectivity index (χ1v) is 9.95. The van der Waals surface area contributed by atoms with E-state index in [9.17, 15) is 9.59 Å². The number of benzene rings is 2. The number of aromatic nitrogens is 2. The van der Waals surface area contributed by atoms with Gasteiger partial charge in [0.1, 0.15) is 6.54 Å². The van der Waals surface area contributed by atoms with Crippen LogP contribution in [0.15, 0.2) is 66.1 Å². The molecule has 1 aromatic heterocycles.